The van der Waals surface area contributed by atoms with Gasteiger partial charge in [-0.1, -0.05) is 6.07 Å². The van der Waals surface area contributed by atoms with Gasteiger partial charge in [0.1, 0.15) is 11.3 Å². The molecule has 0 atom stereocenters. The molecule has 2 aromatic carbocycles. The molecule has 0 radical (unpaired) electrons. The van der Waals surface area contributed by atoms with E-state index in [1.807, 2.05) is 0 Å². The van der Waals surface area contributed by atoms with Crippen molar-refractivity contribution in [3.63, 3.8) is 0 Å². The Balaban J connectivity index is 2.22. The van der Waals surface area contributed by atoms with E-state index in [1.54, 1.807) is 6.07 Å². The smallest absolute Gasteiger partial charge is 0.194 e. The number of benzene rings is 2. The standard InChI is InChI=1S/C13H6F4N2/c14-7-2-1-3-10-12(7)19-13(18-10)6-4-8(15)11(17)9(16)5-6/h1-5H,(H,18,19). The SMILES string of the molecule is Fc1cc(-c2nc3c(F)cccc3[nH]2)cc(F)c1F. The Hall–Kier alpha value is -2.37. The van der Waals surface area contributed by atoms with Gasteiger partial charge < -0.3 is 4.98 Å². The molecule has 96 valence electrons. The summed E-state index contributed by atoms with van der Waals surface area (Å²) in [5, 5.41) is 0. The van der Waals surface area contributed by atoms with E-state index >= 15 is 0 Å². The van der Waals surface area contributed by atoms with Crippen LogP contribution in [0.4, 0.5) is 17.6 Å². The van der Waals surface area contributed by atoms with Crippen molar-refractivity contribution in [2.45, 2.75) is 0 Å². The molecular weight excluding hydrogens is 260 g/mol. The van der Waals surface area contributed by atoms with Gasteiger partial charge in [0.2, 0.25) is 0 Å². The Bertz CT molecular complexity index is 756. The quantitative estimate of drug-likeness (QED) is 0.527. The molecule has 1 aromatic heterocycles. The van der Waals surface area contributed by atoms with E-state index in [1.165, 1.54) is 12.1 Å². The van der Waals surface area contributed by atoms with Crippen molar-refractivity contribution in [1.29, 1.82) is 0 Å². The van der Waals surface area contributed by atoms with Crippen LogP contribution < -0.4 is 0 Å². The second-order valence-electron chi connectivity index (χ2n) is 3.98. The van der Waals surface area contributed by atoms with E-state index in [9.17, 15) is 17.6 Å². The molecule has 0 saturated carbocycles. The summed E-state index contributed by atoms with van der Waals surface area (Å²) in [6, 6.07) is 5.87. The summed E-state index contributed by atoms with van der Waals surface area (Å²) >= 11 is 0. The number of hydrogen-bond acceptors (Lipinski definition) is 1. The van der Waals surface area contributed by atoms with Crippen LogP contribution >= 0.6 is 0 Å². The molecule has 0 saturated heterocycles. The fraction of sp³-hybridized carbons (Fsp3) is 0. The summed E-state index contributed by atoms with van der Waals surface area (Å²) in [6.45, 7) is 0. The Kier molecular flexibility index (Phi) is 2.51. The number of H-pyrrole nitrogens is 1. The summed E-state index contributed by atoms with van der Waals surface area (Å²) in [4.78, 5) is 6.63. The third-order valence-corrected chi connectivity index (χ3v) is 2.72. The first-order chi connectivity index (χ1) is 9.06. The lowest BCUT2D eigenvalue weighted by Gasteiger charge is -1.99. The number of nitrogens with one attached hydrogen (secondary N) is 1. The molecule has 0 unspecified atom stereocenters. The molecule has 1 N–H and O–H groups in total. The van der Waals surface area contributed by atoms with Crippen LogP contribution in [0.2, 0.25) is 0 Å². The summed E-state index contributed by atoms with van der Waals surface area (Å²) < 4.78 is 52.6. The highest BCUT2D eigenvalue weighted by Gasteiger charge is 2.14. The Morgan fingerprint density at radius 3 is 2.21 bits per heavy atom. The van der Waals surface area contributed by atoms with Crippen LogP contribution in [-0.2, 0) is 0 Å². The first-order valence-corrected chi connectivity index (χ1v) is 5.35. The van der Waals surface area contributed by atoms with Crippen LogP contribution in [0.25, 0.3) is 22.4 Å². The van der Waals surface area contributed by atoms with E-state index < -0.39 is 23.3 Å². The van der Waals surface area contributed by atoms with E-state index in [0.29, 0.717) is 5.52 Å². The maximum atomic E-state index is 13.4. The molecule has 0 aliphatic carbocycles. The zero-order valence-electron chi connectivity index (χ0n) is 9.35. The van der Waals surface area contributed by atoms with Crippen molar-refractivity contribution in [2.75, 3.05) is 0 Å². The summed E-state index contributed by atoms with van der Waals surface area (Å²) in [7, 11) is 0. The van der Waals surface area contributed by atoms with Crippen molar-refractivity contribution in [1.82, 2.24) is 9.97 Å². The van der Waals surface area contributed by atoms with E-state index in [2.05, 4.69) is 9.97 Å². The molecule has 0 amide bonds. The average molecular weight is 266 g/mol. The lowest BCUT2D eigenvalue weighted by Crippen LogP contribution is -1.92. The lowest BCUT2D eigenvalue weighted by molar-refractivity contribution is 0.447. The Labute approximate surface area is 104 Å². The zero-order chi connectivity index (χ0) is 13.6. The first-order valence-electron chi connectivity index (χ1n) is 5.35. The molecule has 2 nitrogen and oxygen atoms in total. The number of nitrogens with zero attached hydrogens (tertiary/aromatic N) is 1. The number of rotatable bonds is 1. The molecule has 0 bridgehead atoms. The molecule has 3 rings (SSSR count). The average Bonchev–Trinajstić information content (AvgIpc) is 2.81. The van der Waals surface area contributed by atoms with Gasteiger partial charge >= 0.3 is 0 Å². The van der Waals surface area contributed by atoms with Gasteiger partial charge in [-0.3, -0.25) is 0 Å². The van der Waals surface area contributed by atoms with Gasteiger partial charge in [0, 0.05) is 5.56 Å². The number of hydrogen-bond donors (Lipinski definition) is 1. The first kappa shape index (κ1) is 11.7. The van der Waals surface area contributed by atoms with Crippen molar-refractivity contribution >= 4 is 11.0 Å². The maximum absolute atomic E-state index is 13.4. The molecule has 0 aliphatic heterocycles. The third kappa shape index (κ3) is 1.85. The van der Waals surface area contributed by atoms with Crippen molar-refractivity contribution in [3.05, 3.63) is 53.6 Å². The van der Waals surface area contributed by atoms with Crippen molar-refractivity contribution in [2.24, 2.45) is 0 Å². The third-order valence-electron chi connectivity index (χ3n) is 2.72. The van der Waals surface area contributed by atoms with Gasteiger partial charge in [-0.2, -0.15) is 0 Å². The van der Waals surface area contributed by atoms with Crippen molar-refractivity contribution < 1.29 is 17.6 Å². The predicted molar refractivity (Wildman–Crippen MR) is 61.4 cm³/mol. The highest BCUT2D eigenvalue weighted by atomic mass is 19.2. The monoisotopic (exact) mass is 266 g/mol. The normalized spacial score (nSPS) is 11.2. The molecule has 1 heterocycles. The number of fused-ring (bicyclic) bond motifs is 1. The molecular formula is C13H6F4N2. The molecule has 0 spiro atoms. The fourth-order valence-electron chi connectivity index (χ4n) is 1.83. The molecule has 6 heteroatoms. The van der Waals surface area contributed by atoms with Gasteiger partial charge in [-0.25, -0.2) is 22.5 Å². The van der Waals surface area contributed by atoms with E-state index in [0.717, 1.165) is 12.1 Å². The predicted octanol–water partition coefficient (Wildman–Crippen LogP) is 3.79. The highest BCUT2D eigenvalue weighted by Crippen LogP contribution is 2.24. The number of imidazole rings is 1. The zero-order valence-corrected chi connectivity index (χ0v) is 9.35. The summed E-state index contributed by atoms with van der Waals surface area (Å²) in [5.74, 6) is -4.68. The lowest BCUT2D eigenvalue weighted by atomic mass is 10.2. The van der Waals surface area contributed by atoms with Crippen molar-refractivity contribution in [3.8, 4) is 11.4 Å². The van der Waals surface area contributed by atoms with Crippen LogP contribution in [0.5, 0.6) is 0 Å². The van der Waals surface area contributed by atoms with Crippen LogP contribution in [0.3, 0.4) is 0 Å². The van der Waals surface area contributed by atoms with Crippen LogP contribution in [0.15, 0.2) is 30.3 Å². The summed E-state index contributed by atoms with van der Waals surface area (Å²) in [6.07, 6.45) is 0. The number of halogens is 4. The topological polar surface area (TPSA) is 28.7 Å². The highest BCUT2D eigenvalue weighted by molar-refractivity contribution is 5.79. The molecule has 19 heavy (non-hydrogen) atoms. The minimum atomic E-state index is -1.55. The Morgan fingerprint density at radius 1 is 0.895 bits per heavy atom. The number of para-hydroxylation sites is 1. The number of aromatic amines is 1. The minimum Gasteiger partial charge on any atom is -0.338 e. The molecule has 0 fully saturated rings. The van der Waals surface area contributed by atoms with Crippen LogP contribution in [0.1, 0.15) is 0 Å². The van der Waals surface area contributed by atoms with Gasteiger partial charge in [0.25, 0.3) is 0 Å². The van der Waals surface area contributed by atoms with E-state index in [-0.39, 0.29) is 16.9 Å². The molecule has 3 aromatic rings. The summed E-state index contributed by atoms with van der Waals surface area (Å²) in [5.41, 5.74) is 0.454. The van der Waals surface area contributed by atoms with Gasteiger partial charge in [-0.05, 0) is 24.3 Å². The second kappa shape index (κ2) is 4.08. The second-order valence-corrected chi connectivity index (χ2v) is 3.98. The fourth-order valence-corrected chi connectivity index (χ4v) is 1.83. The Morgan fingerprint density at radius 2 is 1.58 bits per heavy atom. The molecule has 0 aliphatic rings. The maximum Gasteiger partial charge on any atom is 0.194 e. The van der Waals surface area contributed by atoms with Gasteiger partial charge in [0.05, 0.1) is 5.52 Å². The van der Waals surface area contributed by atoms with Gasteiger partial charge in [-0.15, -0.1) is 0 Å². The largest absolute Gasteiger partial charge is 0.338 e. The number of aromatic nitrogens is 2. The van der Waals surface area contributed by atoms with Crippen LogP contribution in [-0.4, -0.2) is 9.97 Å². The minimum absolute atomic E-state index is 0.00648. The van der Waals surface area contributed by atoms with E-state index in [4.69, 9.17) is 0 Å². The van der Waals surface area contributed by atoms with Gasteiger partial charge in [0.15, 0.2) is 23.3 Å². The van der Waals surface area contributed by atoms with Crippen LogP contribution in [0, 0.1) is 23.3 Å².